The summed E-state index contributed by atoms with van der Waals surface area (Å²) in [5, 5.41) is -1.05. The van der Waals surface area contributed by atoms with Crippen molar-refractivity contribution in [3.8, 4) is 0 Å². The molecule has 1 aromatic carbocycles. The van der Waals surface area contributed by atoms with Gasteiger partial charge in [-0.25, -0.2) is 21.6 Å². The van der Waals surface area contributed by atoms with E-state index in [1.54, 1.807) is 13.8 Å². The van der Waals surface area contributed by atoms with Crippen LogP contribution >= 0.6 is 11.6 Å². The lowest BCUT2D eigenvalue weighted by molar-refractivity contribution is -0.0441. The van der Waals surface area contributed by atoms with Gasteiger partial charge in [-0.2, -0.15) is 4.31 Å². The summed E-state index contributed by atoms with van der Waals surface area (Å²) in [6, 6.07) is 0.256. The van der Waals surface area contributed by atoms with Crippen LogP contribution in [0.4, 0.5) is 13.2 Å². The van der Waals surface area contributed by atoms with E-state index in [0.717, 1.165) is 4.31 Å². The van der Waals surface area contributed by atoms with Gasteiger partial charge in [0.15, 0.2) is 10.7 Å². The molecule has 1 aliphatic rings. The number of halogens is 4. The van der Waals surface area contributed by atoms with E-state index < -0.39 is 49.6 Å². The van der Waals surface area contributed by atoms with Gasteiger partial charge in [0.1, 0.15) is 16.7 Å². The van der Waals surface area contributed by atoms with Crippen LogP contribution in [0, 0.1) is 17.5 Å². The Bertz CT molecular complexity index is 658. The van der Waals surface area contributed by atoms with Crippen LogP contribution in [0.3, 0.4) is 0 Å². The predicted molar refractivity (Wildman–Crippen MR) is 70.1 cm³/mol. The van der Waals surface area contributed by atoms with Gasteiger partial charge in [-0.1, -0.05) is 11.6 Å². The molecule has 0 spiro atoms. The maximum absolute atomic E-state index is 13.9. The maximum Gasteiger partial charge on any atom is 0.249 e. The van der Waals surface area contributed by atoms with E-state index in [-0.39, 0.29) is 19.2 Å². The van der Waals surface area contributed by atoms with Gasteiger partial charge in [0.05, 0.1) is 12.2 Å². The number of morpholine rings is 1. The van der Waals surface area contributed by atoms with Gasteiger partial charge in [-0.3, -0.25) is 0 Å². The first-order valence-corrected chi connectivity index (χ1v) is 7.95. The summed E-state index contributed by atoms with van der Waals surface area (Å²) in [4.78, 5) is -1.24. The van der Waals surface area contributed by atoms with Crippen LogP contribution in [0.15, 0.2) is 11.0 Å². The van der Waals surface area contributed by atoms with E-state index in [2.05, 4.69) is 0 Å². The van der Waals surface area contributed by atoms with Crippen molar-refractivity contribution < 1.29 is 26.3 Å². The first-order valence-electron chi connectivity index (χ1n) is 6.13. The summed E-state index contributed by atoms with van der Waals surface area (Å²) in [5.41, 5.74) is 0. The molecule has 0 N–H and O–H groups in total. The maximum atomic E-state index is 13.9. The number of ether oxygens (including phenoxy) is 1. The van der Waals surface area contributed by atoms with Crippen LogP contribution in [0.1, 0.15) is 13.8 Å². The van der Waals surface area contributed by atoms with Crippen molar-refractivity contribution >= 4 is 21.6 Å². The molecule has 9 heteroatoms. The lowest BCUT2D eigenvalue weighted by atomic mass is 10.3. The Morgan fingerprint density at radius 2 is 1.71 bits per heavy atom. The summed E-state index contributed by atoms with van der Waals surface area (Å²) in [6.07, 6.45) is -0.851. The van der Waals surface area contributed by atoms with Crippen molar-refractivity contribution in [1.82, 2.24) is 4.31 Å². The number of rotatable bonds is 2. The third-order valence-corrected chi connectivity index (χ3v) is 5.27. The Hall–Kier alpha value is -0.830. The third kappa shape index (κ3) is 3.03. The summed E-state index contributed by atoms with van der Waals surface area (Å²) in [6.45, 7) is 3.17. The molecule has 2 atom stereocenters. The largest absolute Gasteiger partial charge is 0.373 e. The van der Waals surface area contributed by atoms with Crippen LogP contribution in [0.5, 0.6) is 0 Å². The fourth-order valence-corrected chi connectivity index (χ4v) is 4.15. The smallest absolute Gasteiger partial charge is 0.249 e. The Balaban J connectivity index is 2.52. The zero-order chi connectivity index (χ0) is 15.9. The number of nitrogens with zero attached hydrogens (tertiary/aromatic N) is 1. The fraction of sp³-hybridized carbons (Fsp3) is 0.500. The Morgan fingerprint density at radius 3 is 2.24 bits per heavy atom. The van der Waals surface area contributed by atoms with Crippen molar-refractivity contribution in [2.24, 2.45) is 0 Å². The molecule has 1 saturated heterocycles. The Morgan fingerprint density at radius 1 is 1.19 bits per heavy atom. The quantitative estimate of drug-likeness (QED) is 0.612. The molecule has 21 heavy (non-hydrogen) atoms. The topological polar surface area (TPSA) is 46.6 Å². The van der Waals surface area contributed by atoms with Crippen molar-refractivity contribution in [3.05, 3.63) is 28.5 Å². The standard InChI is InChI=1S/C12H13ClF3NO3S/c1-6-4-17(5-7(2)20-6)21(18,19)12-9(15)3-8(14)10(13)11(12)16/h3,6-7H,4-5H2,1-2H3/t6-,7+. The SMILES string of the molecule is C[C@@H]1CN(S(=O)(=O)c2c(F)cc(F)c(Cl)c2F)C[C@H](C)O1. The van der Waals surface area contributed by atoms with Crippen LogP contribution in [0.2, 0.25) is 5.02 Å². The molecule has 118 valence electrons. The van der Waals surface area contributed by atoms with Gasteiger partial charge >= 0.3 is 0 Å². The molecule has 2 rings (SSSR count). The normalized spacial score (nSPS) is 24.3. The molecule has 0 bridgehead atoms. The van der Waals surface area contributed by atoms with Crippen LogP contribution in [0.25, 0.3) is 0 Å². The second-order valence-electron chi connectivity index (χ2n) is 4.88. The first kappa shape index (κ1) is 16.5. The number of hydrogen-bond acceptors (Lipinski definition) is 3. The number of hydrogen-bond donors (Lipinski definition) is 0. The molecule has 0 aromatic heterocycles. The highest BCUT2D eigenvalue weighted by atomic mass is 35.5. The minimum Gasteiger partial charge on any atom is -0.373 e. The zero-order valence-electron chi connectivity index (χ0n) is 11.2. The number of benzene rings is 1. The average molecular weight is 344 g/mol. The van der Waals surface area contributed by atoms with Crippen molar-refractivity contribution in [2.45, 2.75) is 31.0 Å². The van der Waals surface area contributed by atoms with E-state index in [0.29, 0.717) is 0 Å². The van der Waals surface area contributed by atoms with Gasteiger partial charge in [0.2, 0.25) is 10.0 Å². The minimum atomic E-state index is -4.48. The van der Waals surface area contributed by atoms with Crippen molar-refractivity contribution in [2.75, 3.05) is 13.1 Å². The molecule has 1 fully saturated rings. The van der Waals surface area contributed by atoms with Gasteiger partial charge < -0.3 is 4.74 Å². The summed E-state index contributed by atoms with van der Waals surface area (Å²) < 4.78 is 71.9. The molecule has 4 nitrogen and oxygen atoms in total. The lowest BCUT2D eigenvalue weighted by Gasteiger charge is -2.34. The molecule has 0 radical (unpaired) electrons. The van der Waals surface area contributed by atoms with Gasteiger partial charge in [0.25, 0.3) is 0 Å². The van der Waals surface area contributed by atoms with Crippen molar-refractivity contribution in [1.29, 1.82) is 0 Å². The summed E-state index contributed by atoms with van der Waals surface area (Å²) in [7, 11) is -4.48. The number of sulfonamides is 1. The van der Waals surface area contributed by atoms with Gasteiger partial charge in [0, 0.05) is 19.2 Å². The molecule has 0 aliphatic carbocycles. The molecule has 1 heterocycles. The monoisotopic (exact) mass is 343 g/mol. The van der Waals surface area contributed by atoms with E-state index in [1.807, 2.05) is 0 Å². The minimum absolute atomic E-state index is 0.0550. The van der Waals surface area contributed by atoms with E-state index in [1.165, 1.54) is 0 Å². The van der Waals surface area contributed by atoms with Crippen LogP contribution in [-0.4, -0.2) is 38.0 Å². The first-order chi connectivity index (χ1) is 9.64. The summed E-state index contributed by atoms with van der Waals surface area (Å²) >= 11 is 5.33. The average Bonchev–Trinajstić information content (AvgIpc) is 2.34. The van der Waals surface area contributed by atoms with E-state index >= 15 is 0 Å². The third-order valence-electron chi connectivity index (χ3n) is 3.06. The second-order valence-corrected chi connectivity index (χ2v) is 7.13. The highest BCUT2D eigenvalue weighted by molar-refractivity contribution is 7.89. The van der Waals surface area contributed by atoms with Gasteiger partial charge in [-0.15, -0.1) is 0 Å². The van der Waals surface area contributed by atoms with E-state index in [4.69, 9.17) is 16.3 Å². The van der Waals surface area contributed by atoms with Gasteiger partial charge in [-0.05, 0) is 13.8 Å². The molecule has 0 amide bonds. The Labute approximate surface area is 125 Å². The predicted octanol–water partition coefficient (Wildman–Crippen LogP) is 2.56. The fourth-order valence-electron chi connectivity index (χ4n) is 2.24. The molecule has 0 unspecified atom stereocenters. The molecular formula is C12H13ClF3NO3S. The van der Waals surface area contributed by atoms with Crippen molar-refractivity contribution in [3.63, 3.8) is 0 Å². The highest BCUT2D eigenvalue weighted by Gasteiger charge is 2.37. The lowest BCUT2D eigenvalue weighted by Crippen LogP contribution is -2.48. The zero-order valence-corrected chi connectivity index (χ0v) is 12.8. The highest BCUT2D eigenvalue weighted by Crippen LogP contribution is 2.31. The molecule has 0 saturated carbocycles. The molecule has 1 aromatic rings. The Kier molecular flexibility index (Phi) is 4.53. The van der Waals surface area contributed by atoms with E-state index in [9.17, 15) is 21.6 Å². The summed E-state index contributed by atoms with van der Waals surface area (Å²) in [5.74, 6) is -4.49. The molecular weight excluding hydrogens is 331 g/mol. The van der Waals surface area contributed by atoms with Crippen LogP contribution in [-0.2, 0) is 14.8 Å². The molecule has 1 aliphatic heterocycles. The second kappa shape index (κ2) is 5.75. The van der Waals surface area contributed by atoms with Crippen LogP contribution < -0.4 is 0 Å².